The molecule has 3 aromatic rings. The third kappa shape index (κ3) is 4.03. The van der Waals surface area contributed by atoms with Gasteiger partial charge in [-0.15, -0.1) is 23.2 Å². The highest BCUT2D eigenvalue weighted by atomic mass is 127. The lowest BCUT2D eigenvalue weighted by atomic mass is 9.56. The first-order valence-electron chi connectivity index (χ1n) is 13.7. The molecule has 7 nitrogen and oxygen atoms in total. The molecule has 1 saturated carbocycles. The fraction of sp³-hybridized carbons (Fsp3) is 0.250. The summed E-state index contributed by atoms with van der Waals surface area (Å²) in [5, 5.41) is 11.1. The summed E-state index contributed by atoms with van der Waals surface area (Å²) in [6.07, 6.45) is 1.79. The molecule has 7 rings (SSSR count). The van der Waals surface area contributed by atoms with E-state index in [1.54, 1.807) is 42.5 Å². The number of anilines is 2. The van der Waals surface area contributed by atoms with Gasteiger partial charge in [0.2, 0.25) is 11.8 Å². The van der Waals surface area contributed by atoms with Crippen molar-refractivity contribution in [3.05, 3.63) is 97.8 Å². The Bertz CT molecular complexity index is 1820. The maximum Gasteiger partial charge on any atom is 0.258 e. The predicted molar refractivity (Wildman–Crippen MR) is 174 cm³/mol. The second-order valence-electron chi connectivity index (χ2n) is 11.4. The SMILES string of the molecule is O=C1[C@H]2[C@H](CC=C3[C@H]2C[C@@]2(Cl)C(=O)N(c4ccc(F)cc4)C(=O)[C@@]2(Cl)[C@H]3c2cc(Br)ccc2O)C(=O)N1c1ccc(I)cc1. The third-order valence-electron chi connectivity index (χ3n) is 9.28. The number of carbonyl (C=O) groups is 4. The van der Waals surface area contributed by atoms with E-state index in [1.165, 1.54) is 23.1 Å². The summed E-state index contributed by atoms with van der Waals surface area (Å²) in [7, 11) is 0. The number of hydrogen-bond acceptors (Lipinski definition) is 5. The van der Waals surface area contributed by atoms with Gasteiger partial charge in [0.25, 0.3) is 11.8 Å². The maximum absolute atomic E-state index is 14.4. The Morgan fingerprint density at radius 2 is 1.50 bits per heavy atom. The van der Waals surface area contributed by atoms with Gasteiger partial charge >= 0.3 is 0 Å². The number of alkyl halides is 2. The first-order chi connectivity index (χ1) is 20.9. The topological polar surface area (TPSA) is 95.0 Å². The number of allylic oxidation sites excluding steroid dienone is 2. The minimum absolute atomic E-state index is 0.0832. The number of hydrogen-bond donors (Lipinski definition) is 1. The molecule has 44 heavy (non-hydrogen) atoms. The number of amides is 4. The lowest BCUT2D eigenvalue weighted by molar-refractivity contribution is -0.125. The Hall–Kier alpha value is -2.80. The van der Waals surface area contributed by atoms with Crippen molar-refractivity contribution >= 4 is 96.7 Å². The van der Waals surface area contributed by atoms with Crippen LogP contribution in [0.25, 0.3) is 0 Å². The first-order valence-corrected chi connectivity index (χ1v) is 16.4. The molecule has 224 valence electrons. The molecule has 2 heterocycles. The van der Waals surface area contributed by atoms with Gasteiger partial charge < -0.3 is 5.11 Å². The van der Waals surface area contributed by atoms with Gasteiger partial charge in [0.1, 0.15) is 11.6 Å². The van der Waals surface area contributed by atoms with Crippen LogP contribution in [0.15, 0.2) is 82.9 Å². The Labute approximate surface area is 283 Å². The van der Waals surface area contributed by atoms with Crippen LogP contribution < -0.4 is 9.80 Å². The number of nitrogens with zero attached hydrogens (tertiary/aromatic N) is 2. The van der Waals surface area contributed by atoms with Gasteiger partial charge in [-0.1, -0.05) is 27.6 Å². The van der Waals surface area contributed by atoms with E-state index in [1.807, 2.05) is 0 Å². The third-order valence-corrected chi connectivity index (χ3v) is 11.9. The van der Waals surface area contributed by atoms with Gasteiger partial charge in [-0.3, -0.25) is 24.1 Å². The summed E-state index contributed by atoms with van der Waals surface area (Å²) in [6, 6.07) is 16.5. The number of phenolic OH excluding ortho intramolecular Hbond substituents is 1. The number of rotatable bonds is 3. The molecule has 2 saturated heterocycles. The zero-order chi connectivity index (χ0) is 31.3. The highest BCUT2D eigenvalue weighted by Crippen LogP contribution is 2.66. The van der Waals surface area contributed by atoms with Crippen LogP contribution in [-0.2, 0) is 19.2 Å². The van der Waals surface area contributed by atoms with Crippen LogP contribution in [0.5, 0.6) is 5.75 Å². The molecule has 0 radical (unpaired) electrons. The normalized spacial score (nSPS) is 31.2. The van der Waals surface area contributed by atoms with Gasteiger partial charge in [-0.25, -0.2) is 9.29 Å². The monoisotopic (exact) mass is 808 g/mol. The van der Waals surface area contributed by atoms with E-state index in [4.69, 9.17) is 23.2 Å². The second-order valence-corrected chi connectivity index (χ2v) is 14.8. The Morgan fingerprint density at radius 3 is 2.18 bits per heavy atom. The van der Waals surface area contributed by atoms with E-state index in [2.05, 4.69) is 38.5 Å². The fourth-order valence-electron chi connectivity index (χ4n) is 7.35. The number of fused-ring (bicyclic) bond motifs is 4. The molecule has 3 fully saturated rings. The molecule has 1 N–H and O–H groups in total. The standard InChI is InChI=1S/C32H21BrCl2FIN2O5/c33-15-1-12-24(40)22(13-15)26-20-10-11-21-25(28(42)38(27(21)41)18-8-4-17(37)5-9-18)23(20)14-31(34)29(43)39(30(44)32(26,31)35)19-6-2-16(36)3-7-19/h1-10,12-13,21,23,25-26,40H,11,14H2/t21-,23+,25-,26+,31+,32-/m0/s1. The van der Waals surface area contributed by atoms with Crippen LogP contribution in [0.2, 0.25) is 0 Å². The number of imide groups is 2. The van der Waals surface area contributed by atoms with Crippen molar-refractivity contribution in [3.8, 4) is 5.75 Å². The van der Waals surface area contributed by atoms with Crippen molar-refractivity contribution in [2.24, 2.45) is 17.8 Å². The van der Waals surface area contributed by atoms with Crippen LogP contribution in [0.4, 0.5) is 15.8 Å². The van der Waals surface area contributed by atoms with E-state index in [0.29, 0.717) is 15.7 Å². The average molecular weight is 810 g/mol. The summed E-state index contributed by atoms with van der Waals surface area (Å²) in [5.41, 5.74) is 1.32. The Kier molecular flexibility index (Phi) is 7.04. The second kappa shape index (κ2) is 10.4. The van der Waals surface area contributed by atoms with Gasteiger partial charge in [0.15, 0.2) is 9.75 Å². The van der Waals surface area contributed by atoms with E-state index in [0.717, 1.165) is 20.6 Å². The van der Waals surface area contributed by atoms with Crippen LogP contribution in [-0.4, -0.2) is 38.5 Å². The molecule has 0 bridgehead atoms. The predicted octanol–water partition coefficient (Wildman–Crippen LogP) is 6.67. The molecule has 6 atom stereocenters. The van der Waals surface area contributed by atoms with Crippen LogP contribution >= 0.6 is 61.7 Å². The lowest BCUT2D eigenvalue weighted by Crippen LogP contribution is -2.60. The van der Waals surface area contributed by atoms with E-state index in [-0.39, 0.29) is 35.7 Å². The highest BCUT2D eigenvalue weighted by Gasteiger charge is 2.77. The van der Waals surface area contributed by atoms with Gasteiger partial charge in [0, 0.05) is 19.5 Å². The van der Waals surface area contributed by atoms with Crippen LogP contribution in [0.3, 0.4) is 0 Å². The van der Waals surface area contributed by atoms with E-state index < -0.39 is 57.0 Å². The minimum atomic E-state index is -2.13. The van der Waals surface area contributed by atoms with Gasteiger partial charge in [0.05, 0.1) is 23.2 Å². The molecular formula is C32H21BrCl2FIN2O5. The molecule has 0 spiro atoms. The van der Waals surface area contributed by atoms with E-state index in [9.17, 15) is 28.7 Å². The molecule has 0 unspecified atom stereocenters. The first kappa shape index (κ1) is 29.9. The summed E-state index contributed by atoms with van der Waals surface area (Å²) in [4.78, 5) is 54.3. The summed E-state index contributed by atoms with van der Waals surface area (Å²) >= 11 is 20.2. The van der Waals surface area contributed by atoms with Gasteiger partial charge in [-0.05, 0) is 108 Å². The smallest absolute Gasteiger partial charge is 0.258 e. The molecular weight excluding hydrogens is 789 g/mol. The highest BCUT2D eigenvalue weighted by molar-refractivity contribution is 14.1. The molecule has 4 amide bonds. The van der Waals surface area contributed by atoms with Crippen molar-refractivity contribution in [1.29, 1.82) is 0 Å². The summed E-state index contributed by atoms with van der Waals surface area (Å²) < 4.78 is 15.3. The molecule has 2 aliphatic carbocycles. The van der Waals surface area contributed by atoms with Crippen molar-refractivity contribution in [2.45, 2.75) is 28.5 Å². The number of benzene rings is 3. The Balaban J connectivity index is 1.41. The number of aromatic hydroxyl groups is 1. The molecule has 0 aromatic heterocycles. The molecule has 12 heteroatoms. The maximum atomic E-state index is 14.4. The fourth-order valence-corrected chi connectivity index (χ4v) is 9.01. The van der Waals surface area contributed by atoms with E-state index >= 15 is 0 Å². The summed E-state index contributed by atoms with van der Waals surface area (Å²) in [5.74, 6) is -6.66. The minimum Gasteiger partial charge on any atom is -0.508 e. The molecule has 3 aromatic carbocycles. The lowest BCUT2D eigenvalue weighted by Gasteiger charge is -2.50. The van der Waals surface area contributed by atoms with Crippen molar-refractivity contribution in [1.82, 2.24) is 0 Å². The number of phenols is 1. The average Bonchev–Trinajstić information content (AvgIpc) is 3.33. The Morgan fingerprint density at radius 1 is 0.864 bits per heavy atom. The quantitative estimate of drug-likeness (QED) is 0.138. The zero-order valence-electron chi connectivity index (χ0n) is 22.5. The van der Waals surface area contributed by atoms with Crippen molar-refractivity contribution < 1.29 is 28.7 Å². The molecule has 2 aliphatic heterocycles. The van der Waals surface area contributed by atoms with Crippen molar-refractivity contribution in [3.63, 3.8) is 0 Å². The van der Waals surface area contributed by atoms with Crippen molar-refractivity contribution in [2.75, 3.05) is 9.80 Å². The van der Waals surface area contributed by atoms with Crippen LogP contribution in [0.1, 0.15) is 24.3 Å². The largest absolute Gasteiger partial charge is 0.508 e. The number of carbonyl (C=O) groups excluding carboxylic acids is 4. The zero-order valence-corrected chi connectivity index (χ0v) is 27.8. The molecule has 4 aliphatic rings. The number of halogens is 5. The van der Waals surface area contributed by atoms with Gasteiger partial charge in [-0.2, -0.15) is 0 Å². The van der Waals surface area contributed by atoms with Crippen LogP contribution in [0, 0.1) is 27.1 Å². The summed E-state index contributed by atoms with van der Waals surface area (Å²) in [6.45, 7) is 0.